The first-order valence-electron chi connectivity index (χ1n) is 1.90. The van der Waals surface area contributed by atoms with Crippen LogP contribution < -0.4 is 0 Å². The zero-order valence-electron chi connectivity index (χ0n) is 4.08. The average Bonchev–Trinajstić information content (AvgIpc) is 1.59. The van der Waals surface area contributed by atoms with Gasteiger partial charge >= 0.3 is 5.51 Å². The highest BCUT2D eigenvalue weighted by Crippen LogP contribution is 2.30. The van der Waals surface area contributed by atoms with Gasteiger partial charge in [0.2, 0.25) is 6.43 Å². The van der Waals surface area contributed by atoms with Crippen molar-refractivity contribution in [3.8, 4) is 0 Å². The van der Waals surface area contributed by atoms with Crippen LogP contribution in [0.3, 0.4) is 0 Å². The topological polar surface area (TPSA) is 0 Å². The van der Waals surface area contributed by atoms with E-state index in [9.17, 15) is 22.0 Å². The molecule has 0 amide bonds. The van der Waals surface area contributed by atoms with Crippen LogP contribution in [-0.2, 0) is 0 Å². The lowest BCUT2D eigenvalue weighted by Crippen LogP contribution is -2.05. The van der Waals surface area contributed by atoms with Crippen molar-refractivity contribution in [1.29, 1.82) is 0 Å². The SMILES string of the molecule is FC(F)CSC(F)(F)F. The highest BCUT2D eigenvalue weighted by atomic mass is 32.2. The summed E-state index contributed by atoms with van der Waals surface area (Å²) in [5.41, 5.74) is -4.53. The van der Waals surface area contributed by atoms with Crippen LogP contribution in [0.4, 0.5) is 22.0 Å². The second kappa shape index (κ2) is 3.24. The Balaban J connectivity index is 3.28. The van der Waals surface area contributed by atoms with E-state index in [0.717, 1.165) is 0 Å². The highest BCUT2D eigenvalue weighted by molar-refractivity contribution is 8.00. The summed E-state index contributed by atoms with van der Waals surface area (Å²) < 4.78 is 55.2. The van der Waals surface area contributed by atoms with Crippen molar-refractivity contribution in [3.05, 3.63) is 0 Å². The van der Waals surface area contributed by atoms with Gasteiger partial charge in [0, 0.05) is 0 Å². The largest absolute Gasteiger partial charge is 0.442 e. The van der Waals surface area contributed by atoms with E-state index in [0.29, 0.717) is 0 Å². The van der Waals surface area contributed by atoms with Crippen molar-refractivity contribution in [2.24, 2.45) is 0 Å². The van der Waals surface area contributed by atoms with Crippen LogP contribution in [0.1, 0.15) is 0 Å². The van der Waals surface area contributed by atoms with E-state index in [1.165, 1.54) is 0 Å². The van der Waals surface area contributed by atoms with Gasteiger partial charge in [-0.15, -0.1) is 0 Å². The van der Waals surface area contributed by atoms with Gasteiger partial charge in [0.15, 0.2) is 0 Å². The minimum atomic E-state index is -4.53. The summed E-state index contributed by atoms with van der Waals surface area (Å²) in [4.78, 5) is 0. The quantitative estimate of drug-likeness (QED) is 0.568. The number of hydrogen-bond donors (Lipinski definition) is 0. The Morgan fingerprint density at radius 2 is 1.67 bits per heavy atom. The molecule has 0 unspecified atom stereocenters. The molecule has 0 spiro atoms. The van der Waals surface area contributed by atoms with E-state index in [2.05, 4.69) is 0 Å². The molecule has 0 aliphatic carbocycles. The molecule has 0 N–H and O–H groups in total. The fourth-order valence-corrected chi connectivity index (χ4v) is 0.472. The van der Waals surface area contributed by atoms with Crippen molar-refractivity contribution in [1.82, 2.24) is 0 Å². The van der Waals surface area contributed by atoms with E-state index in [4.69, 9.17) is 0 Å². The summed E-state index contributed by atoms with van der Waals surface area (Å²) in [5, 5.41) is 0. The van der Waals surface area contributed by atoms with Crippen LogP contribution in [0.2, 0.25) is 0 Å². The van der Waals surface area contributed by atoms with Gasteiger partial charge in [0.1, 0.15) is 0 Å². The number of rotatable bonds is 2. The molecule has 9 heavy (non-hydrogen) atoms. The van der Waals surface area contributed by atoms with Crippen molar-refractivity contribution in [2.45, 2.75) is 11.9 Å². The van der Waals surface area contributed by atoms with E-state index in [1.54, 1.807) is 0 Å². The molecule has 56 valence electrons. The van der Waals surface area contributed by atoms with Crippen molar-refractivity contribution in [2.75, 3.05) is 5.75 Å². The molecule has 0 aromatic heterocycles. The molecule has 0 aromatic carbocycles. The molecule has 0 saturated carbocycles. The molecule has 0 radical (unpaired) electrons. The maximum absolute atomic E-state index is 11.0. The van der Waals surface area contributed by atoms with Gasteiger partial charge < -0.3 is 0 Å². The van der Waals surface area contributed by atoms with E-state index >= 15 is 0 Å². The molecule has 6 heteroatoms. The monoisotopic (exact) mass is 166 g/mol. The van der Waals surface area contributed by atoms with E-state index in [1.807, 2.05) is 0 Å². The molecule has 0 aromatic rings. The van der Waals surface area contributed by atoms with E-state index in [-0.39, 0.29) is 0 Å². The summed E-state index contributed by atoms with van der Waals surface area (Å²) in [7, 11) is 0. The van der Waals surface area contributed by atoms with Crippen LogP contribution in [0, 0.1) is 0 Å². The first-order valence-corrected chi connectivity index (χ1v) is 2.89. The Kier molecular flexibility index (Phi) is 3.24. The normalized spacial score (nSPS) is 12.7. The molecule has 0 bridgehead atoms. The summed E-state index contributed by atoms with van der Waals surface area (Å²) in [5.74, 6) is -1.18. The van der Waals surface area contributed by atoms with Gasteiger partial charge in [-0.25, -0.2) is 8.78 Å². The maximum Gasteiger partial charge on any atom is 0.442 e. The molecule has 0 saturated heterocycles. The number of thioether (sulfide) groups is 1. The molecule has 0 atom stereocenters. The first-order chi connectivity index (χ1) is 3.92. The number of alkyl halides is 5. The van der Waals surface area contributed by atoms with Gasteiger partial charge in [-0.05, 0) is 11.8 Å². The standard InChI is InChI=1S/C3H3F5S/c4-2(5)1-9-3(6,7)8/h2H,1H2. The van der Waals surface area contributed by atoms with Gasteiger partial charge in [-0.1, -0.05) is 0 Å². The zero-order chi connectivity index (χ0) is 7.49. The van der Waals surface area contributed by atoms with Gasteiger partial charge in [0.05, 0.1) is 5.75 Å². The van der Waals surface area contributed by atoms with Crippen LogP contribution in [0.5, 0.6) is 0 Å². The molecule has 0 fully saturated rings. The first kappa shape index (κ1) is 9.00. The fourth-order valence-electron chi connectivity index (χ4n) is 0.157. The molecular formula is C3H3F5S. The predicted molar refractivity (Wildman–Crippen MR) is 24.5 cm³/mol. The Hall–Kier alpha value is -0.0000000000000000555. The maximum atomic E-state index is 11.0. The lowest BCUT2D eigenvalue weighted by atomic mass is 10.9. The Bertz CT molecular complexity index is 76.8. The summed E-state index contributed by atoms with van der Waals surface area (Å²) >= 11 is -0.708. The lowest BCUT2D eigenvalue weighted by molar-refractivity contribution is -0.0336. The smallest absolute Gasteiger partial charge is 0.210 e. The average molecular weight is 166 g/mol. The highest BCUT2D eigenvalue weighted by Gasteiger charge is 2.29. The zero-order valence-corrected chi connectivity index (χ0v) is 4.90. The minimum Gasteiger partial charge on any atom is -0.210 e. The molecule has 0 aliphatic rings. The summed E-state index contributed by atoms with van der Waals surface area (Å²) in [6.45, 7) is 0. The number of halogens is 5. The van der Waals surface area contributed by atoms with Crippen molar-refractivity contribution in [3.63, 3.8) is 0 Å². The van der Waals surface area contributed by atoms with Gasteiger partial charge in [-0.2, -0.15) is 13.2 Å². The lowest BCUT2D eigenvalue weighted by Gasteiger charge is -2.02. The molecule has 0 heterocycles. The van der Waals surface area contributed by atoms with Crippen LogP contribution in [0.15, 0.2) is 0 Å². The van der Waals surface area contributed by atoms with E-state index < -0.39 is 29.4 Å². The third-order valence-electron chi connectivity index (χ3n) is 0.373. The summed E-state index contributed by atoms with van der Waals surface area (Å²) in [6, 6.07) is 0. The molecular weight excluding hydrogens is 163 g/mol. The third kappa shape index (κ3) is 8.00. The second-order valence-electron chi connectivity index (χ2n) is 1.15. The molecule has 0 nitrogen and oxygen atoms in total. The van der Waals surface area contributed by atoms with Gasteiger partial charge in [0.25, 0.3) is 0 Å². The molecule has 0 aliphatic heterocycles. The third-order valence-corrected chi connectivity index (χ3v) is 1.12. The van der Waals surface area contributed by atoms with Crippen LogP contribution in [0.25, 0.3) is 0 Å². The number of hydrogen-bond acceptors (Lipinski definition) is 1. The van der Waals surface area contributed by atoms with Crippen LogP contribution >= 0.6 is 11.8 Å². The summed E-state index contributed by atoms with van der Waals surface area (Å²) in [6.07, 6.45) is -2.89. The van der Waals surface area contributed by atoms with Crippen molar-refractivity contribution < 1.29 is 22.0 Å². The Morgan fingerprint density at radius 1 is 1.22 bits per heavy atom. The van der Waals surface area contributed by atoms with Gasteiger partial charge in [-0.3, -0.25) is 0 Å². The Morgan fingerprint density at radius 3 is 1.78 bits per heavy atom. The Labute approximate surface area is 52.4 Å². The van der Waals surface area contributed by atoms with Crippen LogP contribution in [-0.4, -0.2) is 17.7 Å². The minimum absolute atomic E-state index is 0.708. The van der Waals surface area contributed by atoms with Crippen molar-refractivity contribution >= 4 is 11.8 Å². The predicted octanol–water partition coefficient (Wildman–Crippen LogP) is 2.50. The molecule has 0 rings (SSSR count). The fraction of sp³-hybridized carbons (Fsp3) is 1.00. The second-order valence-corrected chi connectivity index (χ2v) is 2.23.